The maximum atomic E-state index is 10.9. The molecule has 0 heterocycles. The smallest absolute Gasteiger partial charge is 0.748 e. The average molecular weight is 333 g/mol. The molecule has 0 aromatic carbocycles. The second kappa shape index (κ2) is 14.1. The molecule has 0 amide bonds. The van der Waals surface area contributed by atoms with E-state index in [0.29, 0.717) is 25.7 Å². The van der Waals surface area contributed by atoms with Crippen molar-refractivity contribution in [1.29, 1.82) is 0 Å². The third kappa shape index (κ3) is 13.2. The summed E-state index contributed by atoms with van der Waals surface area (Å²) in [6.07, 6.45) is 8.19. The summed E-state index contributed by atoms with van der Waals surface area (Å²) in [5.41, 5.74) is 0. The molecule has 116 valence electrons. The minimum atomic E-state index is -4.15. The summed E-state index contributed by atoms with van der Waals surface area (Å²) in [7, 11) is -4.15. The number of aliphatic hydroxyl groups is 1. The van der Waals surface area contributed by atoms with E-state index < -0.39 is 15.4 Å². The van der Waals surface area contributed by atoms with Gasteiger partial charge in [0.2, 0.25) is 0 Å². The van der Waals surface area contributed by atoms with E-state index in [9.17, 15) is 18.1 Å². The van der Waals surface area contributed by atoms with Crippen molar-refractivity contribution < 1.29 is 69.5 Å². The van der Waals surface area contributed by atoms with Gasteiger partial charge in [0.15, 0.2) is 0 Å². The molecule has 0 aliphatic carbocycles. The van der Waals surface area contributed by atoms with Gasteiger partial charge >= 0.3 is 51.4 Å². The van der Waals surface area contributed by atoms with Crippen molar-refractivity contribution in [2.45, 2.75) is 89.4 Å². The summed E-state index contributed by atoms with van der Waals surface area (Å²) in [5, 5.41) is 9.00. The van der Waals surface area contributed by atoms with Gasteiger partial charge in [0.1, 0.15) is 0 Å². The first kappa shape index (κ1) is 23.8. The van der Waals surface area contributed by atoms with Crippen LogP contribution in [-0.4, -0.2) is 29.4 Å². The summed E-state index contributed by atoms with van der Waals surface area (Å²) in [6.45, 7) is 3.88. The fourth-order valence-corrected chi connectivity index (χ4v) is 3.12. The van der Waals surface area contributed by atoms with Gasteiger partial charge in [-0.25, -0.2) is 8.42 Å². The van der Waals surface area contributed by atoms with Crippen LogP contribution in [0.5, 0.6) is 0 Å². The zero-order chi connectivity index (χ0) is 14.7. The predicted octanol–water partition coefficient (Wildman–Crippen LogP) is 0.206. The largest absolute Gasteiger partial charge is 1.00 e. The molecule has 0 saturated carbocycles. The van der Waals surface area contributed by atoms with Crippen LogP contribution in [0.1, 0.15) is 78.1 Å². The molecule has 6 heteroatoms. The van der Waals surface area contributed by atoms with Crippen molar-refractivity contribution in [2.24, 2.45) is 0 Å². The van der Waals surface area contributed by atoms with E-state index in [1.807, 2.05) is 0 Å². The van der Waals surface area contributed by atoms with E-state index in [4.69, 9.17) is 0 Å². The Bertz CT molecular complexity index is 306. The Labute approximate surface area is 167 Å². The maximum absolute atomic E-state index is 10.9. The van der Waals surface area contributed by atoms with Crippen molar-refractivity contribution in [1.82, 2.24) is 0 Å². The first-order valence-electron chi connectivity index (χ1n) is 7.54. The van der Waals surface area contributed by atoms with Crippen LogP contribution in [0.4, 0.5) is 0 Å². The first-order valence-corrected chi connectivity index (χ1v) is 9.01. The zero-order valence-corrected chi connectivity index (χ0v) is 17.2. The van der Waals surface area contributed by atoms with Crippen LogP contribution < -0.4 is 51.4 Å². The Morgan fingerprint density at radius 1 is 0.950 bits per heavy atom. The van der Waals surface area contributed by atoms with Crippen LogP contribution in [0.3, 0.4) is 0 Å². The van der Waals surface area contributed by atoms with Gasteiger partial charge < -0.3 is 9.66 Å². The quantitative estimate of drug-likeness (QED) is 0.315. The van der Waals surface area contributed by atoms with Gasteiger partial charge in [0.05, 0.1) is 16.2 Å². The molecular weight excluding hydrogens is 303 g/mol. The average Bonchev–Trinajstić information content (AvgIpc) is 2.33. The number of rotatable bonds is 12. The summed E-state index contributed by atoms with van der Waals surface area (Å²) in [6, 6.07) is 0. The summed E-state index contributed by atoms with van der Waals surface area (Å²) >= 11 is 0. The standard InChI is InChI=1S/C14H30O4S.K/c1-3-5-6-7-10-13(15)11-8-9-12-14(4-2)19(16,17)18;/h13-15H,3-12H2,1-2H3,(H,16,17,18);/q;+1/p-1. The van der Waals surface area contributed by atoms with Crippen molar-refractivity contribution in [2.75, 3.05) is 0 Å². The van der Waals surface area contributed by atoms with E-state index in [2.05, 4.69) is 6.92 Å². The molecule has 0 fully saturated rings. The van der Waals surface area contributed by atoms with Crippen molar-refractivity contribution in [3.05, 3.63) is 0 Å². The molecule has 0 aromatic heterocycles. The molecule has 0 bridgehead atoms. The van der Waals surface area contributed by atoms with Gasteiger partial charge in [-0.05, 0) is 25.7 Å². The molecule has 20 heavy (non-hydrogen) atoms. The summed E-state index contributed by atoms with van der Waals surface area (Å²) < 4.78 is 32.7. The third-order valence-electron chi connectivity index (χ3n) is 3.57. The maximum Gasteiger partial charge on any atom is 1.00 e. The van der Waals surface area contributed by atoms with Crippen molar-refractivity contribution in [3.8, 4) is 0 Å². The van der Waals surface area contributed by atoms with E-state index >= 15 is 0 Å². The Kier molecular flexibility index (Phi) is 16.8. The van der Waals surface area contributed by atoms with Crippen LogP contribution in [0, 0.1) is 0 Å². The van der Waals surface area contributed by atoms with E-state index in [1.54, 1.807) is 6.92 Å². The van der Waals surface area contributed by atoms with Gasteiger partial charge in [-0.2, -0.15) is 0 Å². The number of hydrogen-bond acceptors (Lipinski definition) is 4. The van der Waals surface area contributed by atoms with E-state index in [-0.39, 0.29) is 57.5 Å². The van der Waals surface area contributed by atoms with Crippen LogP contribution in [0.25, 0.3) is 0 Å². The Morgan fingerprint density at radius 3 is 1.90 bits per heavy atom. The van der Waals surface area contributed by atoms with Crippen molar-refractivity contribution in [3.63, 3.8) is 0 Å². The Morgan fingerprint density at radius 2 is 1.45 bits per heavy atom. The minimum Gasteiger partial charge on any atom is -0.748 e. The predicted molar refractivity (Wildman–Crippen MR) is 77.0 cm³/mol. The van der Waals surface area contributed by atoms with Gasteiger partial charge in [-0.1, -0.05) is 52.4 Å². The van der Waals surface area contributed by atoms with Gasteiger partial charge in [-0.3, -0.25) is 0 Å². The molecule has 1 N–H and O–H groups in total. The second-order valence-electron chi connectivity index (χ2n) is 5.31. The number of unbranched alkanes of at least 4 members (excludes halogenated alkanes) is 4. The molecule has 2 unspecified atom stereocenters. The van der Waals surface area contributed by atoms with E-state index in [0.717, 1.165) is 19.3 Å². The van der Waals surface area contributed by atoms with Gasteiger partial charge in [-0.15, -0.1) is 0 Å². The molecule has 4 nitrogen and oxygen atoms in total. The molecule has 2 atom stereocenters. The molecule has 0 aliphatic rings. The molecule has 0 aromatic rings. The molecule has 0 radical (unpaired) electrons. The summed E-state index contributed by atoms with van der Waals surface area (Å²) in [4.78, 5) is 0. The minimum absolute atomic E-state index is 0. The monoisotopic (exact) mass is 332 g/mol. The van der Waals surface area contributed by atoms with Crippen LogP contribution >= 0.6 is 0 Å². The van der Waals surface area contributed by atoms with Gasteiger partial charge in [0, 0.05) is 5.25 Å². The SMILES string of the molecule is CCCCCCC(O)CCCCC(CC)S(=O)(=O)[O-].[K+]. The van der Waals surface area contributed by atoms with E-state index in [1.165, 1.54) is 19.3 Å². The fraction of sp³-hybridized carbons (Fsp3) is 1.00. The zero-order valence-electron chi connectivity index (χ0n) is 13.3. The normalized spacial score (nSPS) is 14.6. The summed E-state index contributed by atoms with van der Waals surface area (Å²) in [5.74, 6) is 0. The molecule has 0 rings (SSSR count). The first-order chi connectivity index (χ1) is 8.91. The molecule has 0 saturated heterocycles. The molecule has 0 spiro atoms. The van der Waals surface area contributed by atoms with Crippen LogP contribution in [-0.2, 0) is 10.1 Å². The van der Waals surface area contributed by atoms with Gasteiger partial charge in [0.25, 0.3) is 0 Å². The number of hydrogen-bond donors (Lipinski definition) is 1. The van der Waals surface area contributed by atoms with Crippen molar-refractivity contribution >= 4 is 10.1 Å². The fourth-order valence-electron chi connectivity index (χ4n) is 2.26. The Balaban J connectivity index is 0. The number of aliphatic hydroxyl groups excluding tert-OH is 1. The Hall–Kier alpha value is 1.51. The van der Waals surface area contributed by atoms with Crippen LogP contribution in [0.2, 0.25) is 0 Å². The van der Waals surface area contributed by atoms with Crippen LogP contribution in [0.15, 0.2) is 0 Å². The topological polar surface area (TPSA) is 77.4 Å². The second-order valence-corrected chi connectivity index (χ2v) is 6.96. The molecule has 0 aliphatic heterocycles. The third-order valence-corrected chi connectivity index (χ3v) is 4.95. The molecular formula is C14H29KO4S.